The number of benzene rings is 1. The van der Waals surface area contributed by atoms with E-state index < -0.39 is 16.1 Å². The van der Waals surface area contributed by atoms with E-state index in [4.69, 9.17) is 14.9 Å². The van der Waals surface area contributed by atoms with Crippen molar-refractivity contribution in [3.05, 3.63) is 29.8 Å². The van der Waals surface area contributed by atoms with Gasteiger partial charge in [-0.3, -0.25) is 29.6 Å². The van der Waals surface area contributed by atoms with Gasteiger partial charge in [0, 0.05) is 44.0 Å². The van der Waals surface area contributed by atoms with Gasteiger partial charge in [-0.1, -0.05) is 0 Å². The molecule has 2 N–H and O–H groups in total. The molecule has 1 aromatic rings. The lowest BCUT2D eigenvalue weighted by Gasteiger charge is -2.37. The summed E-state index contributed by atoms with van der Waals surface area (Å²) in [6.45, 7) is 9.52. The minimum absolute atomic E-state index is 0.135. The van der Waals surface area contributed by atoms with Crippen molar-refractivity contribution >= 4 is 33.6 Å². The zero-order valence-electron chi connectivity index (χ0n) is 20.0. The number of ether oxygens (including phenoxy) is 2. The highest BCUT2D eigenvalue weighted by molar-refractivity contribution is 7.89. The Morgan fingerprint density at radius 2 is 1.79 bits per heavy atom. The average Bonchev–Trinajstić information content (AvgIpc) is 3.12. The lowest BCUT2D eigenvalue weighted by atomic mass is 10.1. The molecule has 1 aromatic carbocycles. The number of amidine groups is 1. The Bertz CT molecular complexity index is 1010. The predicted octanol–water partition coefficient (Wildman–Crippen LogP) is 0.844. The van der Waals surface area contributed by atoms with Crippen LogP contribution in [0, 0.1) is 5.41 Å². The summed E-state index contributed by atoms with van der Waals surface area (Å²) in [6, 6.07) is 6.20. The zero-order valence-corrected chi connectivity index (χ0v) is 20.8. The number of sulfonamides is 1. The molecule has 0 aliphatic carbocycles. The van der Waals surface area contributed by atoms with Crippen LogP contribution in [0.15, 0.2) is 24.3 Å². The molecule has 2 atom stereocenters. The van der Waals surface area contributed by atoms with Crippen LogP contribution >= 0.6 is 0 Å². The van der Waals surface area contributed by atoms with Crippen molar-refractivity contribution in [1.29, 1.82) is 5.41 Å². The van der Waals surface area contributed by atoms with E-state index in [0.717, 1.165) is 32.4 Å². The van der Waals surface area contributed by atoms with Crippen molar-refractivity contribution in [2.75, 3.05) is 50.4 Å². The molecule has 2 fully saturated rings. The maximum absolute atomic E-state index is 12.4. The number of cyclic esters (lactones) is 1. The second kappa shape index (κ2) is 10.7. The molecule has 0 radical (unpaired) electrons. The lowest BCUT2D eigenvalue weighted by molar-refractivity contribution is -0.154. The monoisotopic (exact) mass is 495 g/mol. The van der Waals surface area contributed by atoms with Crippen LogP contribution in [0.1, 0.15) is 26.3 Å². The van der Waals surface area contributed by atoms with Crippen molar-refractivity contribution in [3.8, 4) is 0 Å². The highest BCUT2D eigenvalue weighted by atomic mass is 32.2. The van der Waals surface area contributed by atoms with Crippen LogP contribution in [0.4, 0.5) is 10.5 Å². The first-order chi connectivity index (χ1) is 15.9. The molecule has 0 bridgehead atoms. The number of nitrogens with one attached hydrogen (secondary N) is 2. The van der Waals surface area contributed by atoms with E-state index in [9.17, 15) is 18.0 Å². The number of carbonyl (C=O) groups is 2. The quantitative estimate of drug-likeness (QED) is 0.308. The van der Waals surface area contributed by atoms with Crippen molar-refractivity contribution in [3.63, 3.8) is 0 Å². The molecule has 188 valence electrons. The third kappa shape index (κ3) is 6.90. The SMILES string of the molecule is CC(C)OC(=O)C(C)N1CCN(CC2CN(c3ccc(C(=N)NS(C)(=O)=O)cc3)C(=O)O2)CC1. The topological polar surface area (TPSA) is 132 Å². The first-order valence-electron chi connectivity index (χ1n) is 11.2. The van der Waals surface area contributed by atoms with Crippen LogP contribution in [0.25, 0.3) is 0 Å². The van der Waals surface area contributed by atoms with Crippen LogP contribution < -0.4 is 9.62 Å². The standard InChI is InChI=1S/C22H33N5O6S/c1-15(2)32-21(28)16(3)26-11-9-25(10-12-26)13-19-14-27(22(29)33-19)18-7-5-17(6-8-18)20(23)24-34(4,30)31/h5-8,15-16,19H,9-14H2,1-4H3,(H2,23,24). The number of nitrogens with zero attached hydrogens (tertiary/aromatic N) is 3. The third-order valence-electron chi connectivity index (χ3n) is 5.74. The molecule has 0 aromatic heterocycles. The van der Waals surface area contributed by atoms with Gasteiger partial charge in [0.25, 0.3) is 0 Å². The smallest absolute Gasteiger partial charge is 0.414 e. The maximum Gasteiger partial charge on any atom is 0.414 e. The fourth-order valence-corrected chi connectivity index (χ4v) is 4.47. The third-order valence-corrected chi connectivity index (χ3v) is 6.31. The number of hydrogen-bond acceptors (Lipinski definition) is 9. The molecule has 11 nitrogen and oxygen atoms in total. The largest absolute Gasteiger partial charge is 0.462 e. The van der Waals surface area contributed by atoms with Gasteiger partial charge >= 0.3 is 12.1 Å². The van der Waals surface area contributed by atoms with Gasteiger partial charge in [-0.05, 0) is 45.0 Å². The number of carbonyl (C=O) groups excluding carboxylic acids is 2. The van der Waals surface area contributed by atoms with E-state index in [1.54, 1.807) is 24.3 Å². The van der Waals surface area contributed by atoms with Gasteiger partial charge in [0.05, 0.1) is 18.9 Å². The number of rotatable bonds is 8. The summed E-state index contributed by atoms with van der Waals surface area (Å²) in [7, 11) is -3.53. The number of anilines is 1. The summed E-state index contributed by atoms with van der Waals surface area (Å²) in [5.74, 6) is -0.445. The minimum atomic E-state index is -3.53. The second-order valence-corrected chi connectivity index (χ2v) is 10.7. The van der Waals surface area contributed by atoms with E-state index in [1.807, 2.05) is 20.8 Å². The van der Waals surface area contributed by atoms with Crippen molar-refractivity contribution in [2.24, 2.45) is 0 Å². The van der Waals surface area contributed by atoms with Crippen molar-refractivity contribution < 1.29 is 27.5 Å². The van der Waals surface area contributed by atoms with Crippen LogP contribution in [-0.2, 0) is 24.3 Å². The van der Waals surface area contributed by atoms with Crippen LogP contribution in [0.5, 0.6) is 0 Å². The Morgan fingerprint density at radius 3 is 2.35 bits per heavy atom. The zero-order chi connectivity index (χ0) is 25.0. The van der Waals surface area contributed by atoms with Gasteiger partial charge in [0.2, 0.25) is 10.0 Å². The summed E-state index contributed by atoms with van der Waals surface area (Å²) >= 11 is 0. The molecular formula is C22H33N5O6S. The van der Waals surface area contributed by atoms with Crippen molar-refractivity contribution in [1.82, 2.24) is 14.5 Å². The fourth-order valence-electron chi connectivity index (χ4n) is 3.98. The maximum atomic E-state index is 12.4. The molecule has 2 saturated heterocycles. The number of amides is 1. The summed E-state index contributed by atoms with van der Waals surface area (Å²) < 4.78 is 35.6. The van der Waals surface area contributed by atoms with E-state index >= 15 is 0 Å². The second-order valence-electron chi connectivity index (χ2n) is 8.91. The summed E-state index contributed by atoms with van der Waals surface area (Å²) in [5, 5.41) is 7.84. The molecule has 2 unspecified atom stereocenters. The van der Waals surface area contributed by atoms with E-state index in [1.165, 1.54) is 4.90 Å². The molecule has 2 heterocycles. The van der Waals surface area contributed by atoms with Crippen LogP contribution in [-0.4, -0.2) is 99.9 Å². The lowest BCUT2D eigenvalue weighted by Crippen LogP contribution is -2.53. The van der Waals surface area contributed by atoms with E-state index in [2.05, 4.69) is 14.5 Å². The first kappa shape index (κ1) is 25.9. The molecule has 3 rings (SSSR count). The molecule has 1 amide bonds. The Morgan fingerprint density at radius 1 is 1.18 bits per heavy atom. The molecule has 34 heavy (non-hydrogen) atoms. The Balaban J connectivity index is 1.50. The molecule has 2 aliphatic rings. The number of hydrogen-bond donors (Lipinski definition) is 2. The minimum Gasteiger partial charge on any atom is -0.462 e. The van der Waals surface area contributed by atoms with Crippen LogP contribution in [0.3, 0.4) is 0 Å². The van der Waals surface area contributed by atoms with Gasteiger partial charge in [-0.15, -0.1) is 0 Å². The highest BCUT2D eigenvalue weighted by Crippen LogP contribution is 2.23. The number of piperazine rings is 1. The summed E-state index contributed by atoms with van der Waals surface area (Å²) in [4.78, 5) is 30.4. The Labute approximate surface area is 200 Å². The van der Waals surface area contributed by atoms with Crippen LogP contribution in [0.2, 0.25) is 0 Å². The number of esters is 1. The Kier molecular flexibility index (Phi) is 8.16. The molecular weight excluding hydrogens is 462 g/mol. The molecule has 0 spiro atoms. The average molecular weight is 496 g/mol. The molecule has 12 heteroatoms. The fraction of sp³-hybridized carbons (Fsp3) is 0.591. The predicted molar refractivity (Wildman–Crippen MR) is 128 cm³/mol. The van der Waals surface area contributed by atoms with Crippen molar-refractivity contribution in [2.45, 2.75) is 39.0 Å². The van der Waals surface area contributed by atoms with E-state index in [0.29, 0.717) is 24.3 Å². The van der Waals surface area contributed by atoms with Gasteiger partial charge in [-0.25, -0.2) is 13.2 Å². The van der Waals surface area contributed by atoms with E-state index in [-0.39, 0.29) is 30.1 Å². The summed E-state index contributed by atoms with van der Waals surface area (Å²) in [6.07, 6.45) is 0.124. The van der Waals surface area contributed by atoms with Gasteiger partial charge in [-0.2, -0.15) is 0 Å². The van der Waals surface area contributed by atoms with Gasteiger partial charge < -0.3 is 9.47 Å². The first-order valence-corrected chi connectivity index (χ1v) is 13.1. The van der Waals surface area contributed by atoms with Gasteiger partial charge in [0.1, 0.15) is 18.0 Å². The highest BCUT2D eigenvalue weighted by Gasteiger charge is 2.35. The van der Waals surface area contributed by atoms with Gasteiger partial charge in [0.15, 0.2) is 0 Å². The Hall–Kier alpha value is -2.70. The normalized spacial score (nSPS) is 20.8. The molecule has 0 saturated carbocycles. The molecule has 2 aliphatic heterocycles. The summed E-state index contributed by atoms with van der Waals surface area (Å²) in [5.41, 5.74) is 1.01.